The van der Waals surface area contributed by atoms with Crippen LogP contribution in [0.25, 0.3) is 33.5 Å². The summed E-state index contributed by atoms with van der Waals surface area (Å²) in [5.41, 5.74) is 5.05. The van der Waals surface area contributed by atoms with Crippen molar-refractivity contribution >= 4 is 10.8 Å². The largest absolute Gasteiger partial charge is 0.255 e. The van der Waals surface area contributed by atoms with Crippen LogP contribution >= 0.6 is 0 Å². The van der Waals surface area contributed by atoms with Gasteiger partial charge in [0.1, 0.15) is 0 Å². The Morgan fingerprint density at radius 1 is 0.533 bits per heavy atom. The molecule has 3 nitrogen and oxygen atoms in total. The van der Waals surface area contributed by atoms with E-state index in [9.17, 15) is 0 Å². The molecule has 0 atom stereocenters. The van der Waals surface area contributed by atoms with Gasteiger partial charge in [-0.25, -0.2) is 4.98 Å². The molecule has 0 saturated carbocycles. The van der Waals surface area contributed by atoms with Crippen molar-refractivity contribution < 1.29 is 0 Å². The first-order valence-corrected chi connectivity index (χ1v) is 9.71. The van der Waals surface area contributed by atoms with E-state index < -0.39 is 0 Å². The van der Waals surface area contributed by atoms with Gasteiger partial charge in [0, 0.05) is 23.5 Å². The van der Waals surface area contributed by atoms with Crippen LogP contribution in [0.15, 0.2) is 103 Å². The molecule has 140 valence electrons. The first-order chi connectivity index (χ1) is 14.9. The summed E-state index contributed by atoms with van der Waals surface area (Å²) in [6.07, 6.45) is 3.54. The average Bonchev–Trinajstić information content (AvgIpc) is 2.83. The monoisotopic (exact) mass is 383 g/mol. The Morgan fingerprint density at radius 2 is 1.17 bits per heavy atom. The third-order valence-corrected chi connectivity index (χ3v) is 4.81. The molecule has 0 fully saturated rings. The van der Waals surface area contributed by atoms with E-state index in [2.05, 4.69) is 46.1 Å². The molecule has 0 aliphatic rings. The van der Waals surface area contributed by atoms with Crippen LogP contribution in [-0.4, -0.2) is 15.0 Å². The number of pyridine rings is 3. The van der Waals surface area contributed by atoms with E-state index in [-0.39, 0.29) is 0 Å². The van der Waals surface area contributed by atoms with Crippen LogP contribution in [0.2, 0.25) is 0 Å². The second-order valence-corrected chi connectivity index (χ2v) is 6.83. The second kappa shape index (κ2) is 7.98. The third-order valence-electron chi connectivity index (χ3n) is 4.81. The van der Waals surface area contributed by atoms with Crippen LogP contribution in [0.5, 0.6) is 0 Å². The Balaban J connectivity index is 1.64. The number of rotatable bonds is 2. The van der Waals surface area contributed by atoms with E-state index in [1.54, 1.807) is 12.4 Å². The van der Waals surface area contributed by atoms with Gasteiger partial charge in [-0.1, -0.05) is 60.4 Å². The molecule has 0 bridgehead atoms. The molecule has 0 N–H and O–H groups in total. The van der Waals surface area contributed by atoms with Crippen LogP contribution in [0.4, 0.5) is 0 Å². The van der Waals surface area contributed by atoms with Crippen LogP contribution in [0.3, 0.4) is 0 Å². The van der Waals surface area contributed by atoms with E-state index in [0.29, 0.717) is 0 Å². The first kappa shape index (κ1) is 17.8. The molecule has 3 heterocycles. The van der Waals surface area contributed by atoms with Gasteiger partial charge >= 0.3 is 0 Å². The fraction of sp³-hybridized carbons (Fsp3) is 0. The van der Waals surface area contributed by atoms with Crippen molar-refractivity contribution in [1.82, 2.24) is 15.0 Å². The van der Waals surface area contributed by atoms with Gasteiger partial charge in [0.15, 0.2) is 0 Å². The molecule has 0 saturated heterocycles. The normalized spacial score (nSPS) is 10.4. The molecule has 30 heavy (non-hydrogen) atoms. The molecule has 2 aromatic carbocycles. The van der Waals surface area contributed by atoms with Gasteiger partial charge in [-0.05, 0) is 53.2 Å². The summed E-state index contributed by atoms with van der Waals surface area (Å²) in [5.74, 6) is 6.67. The number of hydrogen-bond acceptors (Lipinski definition) is 3. The SMILES string of the molecule is C(#Cc1cccc2ccccc12)c1cc(-c2ccccn2)nc(-c2ccccn2)c1. The smallest absolute Gasteiger partial charge is 0.0906 e. The van der Waals surface area contributed by atoms with Crippen LogP contribution < -0.4 is 0 Å². The minimum Gasteiger partial charge on any atom is -0.255 e. The minimum atomic E-state index is 0.779. The van der Waals surface area contributed by atoms with E-state index >= 15 is 0 Å². The fourth-order valence-electron chi connectivity index (χ4n) is 3.37. The molecule has 5 rings (SSSR count). The van der Waals surface area contributed by atoms with Gasteiger partial charge < -0.3 is 0 Å². The zero-order valence-corrected chi connectivity index (χ0v) is 16.2. The summed E-state index contributed by atoms with van der Waals surface area (Å²) in [6.45, 7) is 0. The molecular weight excluding hydrogens is 366 g/mol. The third kappa shape index (κ3) is 3.67. The van der Waals surface area contributed by atoms with Crippen molar-refractivity contribution in [1.29, 1.82) is 0 Å². The molecule has 3 aromatic heterocycles. The Kier molecular flexibility index (Phi) is 4.73. The number of hydrogen-bond donors (Lipinski definition) is 0. The molecular formula is C27H17N3. The quantitative estimate of drug-likeness (QED) is 0.364. The lowest BCUT2D eigenvalue weighted by molar-refractivity contribution is 1.21. The maximum atomic E-state index is 4.79. The number of aromatic nitrogens is 3. The molecule has 0 amide bonds. The highest BCUT2D eigenvalue weighted by molar-refractivity contribution is 5.88. The molecule has 3 heteroatoms. The van der Waals surface area contributed by atoms with Crippen molar-refractivity contribution in [3.05, 3.63) is 115 Å². The van der Waals surface area contributed by atoms with Crippen molar-refractivity contribution in [3.8, 4) is 34.6 Å². The molecule has 5 aromatic rings. The standard InChI is InChI=1S/C27H17N3/c1-2-11-23-21(8-1)9-7-10-22(23)15-14-20-18-26(24-12-3-5-16-28-24)30-27(19-20)25-13-4-6-17-29-25/h1-13,16-19H. The highest BCUT2D eigenvalue weighted by Gasteiger charge is 2.08. The lowest BCUT2D eigenvalue weighted by atomic mass is 10.0. The van der Waals surface area contributed by atoms with Crippen LogP contribution in [-0.2, 0) is 0 Å². The predicted molar refractivity (Wildman–Crippen MR) is 121 cm³/mol. The lowest BCUT2D eigenvalue weighted by Gasteiger charge is -2.06. The summed E-state index contributed by atoms with van der Waals surface area (Å²) >= 11 is 0. The van der Waals surface area contributed by atoms with Gasteiger partial charge in [-0.2, -0.15) is 0 Å². The Labute approximate surface area is 175 Å². The zero-order chi connectivity index (χ0) is 20.2. The molecule has 0 unspecified atom stereocenters. The van der Waals surface area contributed by atoms with Gasteiger partial charge in [0.2, 0.25) is 0 Å². The van der Waals surface area contributed by atoms with Gasteiger partial charge in [0.25, 0.3) is 0 Å². The van der Waals surface area contributed by atoms with Crippen LogP contribution in [0.1, 0.15) is 11.1 Å². The van der Waals surface area contributed by atoms with Crippen LogP contribution in [0, 0.1) is 11.8 Å². The highest BCUT2D eigenvalue weighted by Crippen LogP contribution is 2.23. The number of fused-ring (bicyclic) bond motifs is 1. The highest BCUT2D eigenvalue weighted by atomic mass is 14.8. The van der Waals surface area contributed by atoms with Gasteiger partial charge in [-0.15, -0.1) is 0 Å². The van der Waals surface area contributed by atoms with Crippen molar-refractivity contribution in [3.63, 3.8) is 0 Å². The lowest BCUT2D eigenvalue weighted by Crippen LogP contribution is -1.94. The Hall–Kier alpha value is -4.29. The summed E-state index contributed by atoms with van der Waals surface area (Å²) < 4.78 is 0. The molecule has 0 aliphatic carbocycles. The summed E-state index contributed by atoms with van der Waals surface area (Å²) in [4.78, 5) is 13.7. The summed E-state index contributed by atoms with van der Waals surface area (Å²) in [7, 11) is 0. The van der Waals surface area contributed by atoms with Gasteiger partial charge in [0.05, 0.1) is 22.8 Å². The number of nitrogens with zero attached hydrogens (tertiary/aromatic N) is 3. The Bertz CT molecular complexity index is 1320. The maximum Gasteiger partial charge on any atom is 0.0906 e. The predicted octanol–water partition coefficient (Wildman–Crippen LogP) is 5.76. The second-order valence-electron chi connectivity index (χ2n) is 6.83. The summed E-state index contributed by atoms with van der Waals surface area (Å²) in [6, 6.07) is 30.0. The van der Waals surface area contributed by atoms with E-state index in [4.69, 9.17) is 4.98 Å². The van der Waals surface area contributed by atoms with E-state index in [1.807, 2.05) is 66.7 Å². The fourth-order valence-corrected chi connectivity index (χ4v) is 3.37. The molecule has 0 radical (unpaired) electrons. The van der Waals surface area contributed by atoms with Crippen molar-refractivity contribution in [2.45, 2.75) is 0 Å². The first-order valence-electron chi connectivity index (χ1n) is 9.71. The Morgan fingerprint density at radius 3 is 1.83 bits per heavy atom. The van der Waals surface area contributed by atoms with E-state index in [0.717, 1.165) is 39.3 Å². The molecule has 0 spiro atoms. The zero-order valence-electron chi connectivity index (χ0n) is 16.2. The average molecular weight is 383 g/mol. The maximum absolute atomic E-state index is 4.79. The minimum absolute atomic E-state index is 0.779. The van der Waals surface area contributed by atoms with E-state index in [1.165, 1.54) is 5.39 Å². The summed E-state index contributed by atoms with van der Waals surface area (Å²) in [5, 5.41) is 2.33. The van der Waals surface area contributed by atoms with Gasteiger partial charge in [-0.3, -0.25) is 9.97 Å². The molecule has 0 aliphatic heterocycles. The number of benzene rings is 2. The van der Waals surface area contributed by atoms with Crippen molar-refractivity contribution in [2.24, 2.45) is 0 Å². The topological polar surface area (TPSA) is 38.7 Å². The van der Waals surface area contributed by atoms with Crippen molar-refractivity contribution in [2.75, 3.05) is 0 Å².